The lowest BCUT2D eigenvalue weighted by Crippen LogP contribution is -2.30. The Labute approximate surface area is 137 Å². The third-order valence-electron chi connectivity index (χ3n) is 2.99. The number of benzene rings is 1. The molecule has 1 aromatic carbocycles. The van der Waals surface area contributed by atoms with Crippen LogP contribution in [-0.2, 0) is 16.0 Å². The Bertz CT molecular complexity index is 615. The van der Waals surface area contributed by atoms with E-state index in [-0.39, 0.29) is 18.4 Å². The van der Waals surface area contributed by atoms with Gasteiger partial charge in [0.25, 0.3) is 0 Å². The molecule has 3 nitrogen and oxygen atoms in total. The van der Waals surface area contributed by atoms with Gasteiger partial charge >= 0.3 is 0 Å². The van der Waals surface area contributed by atoms with E-state index in [0.29, 0.717) is 15.9 Å². The van der Waals surface area contributed by atoms with E-state index in [9.17, 15) is 4.79 Å². The van der Waals surface area contributed by atoms with Gasteiger partial charge in [0, 0.05) is 23.6 Å². The lowest BCUT2D eigenvalue weighted by molar-refractivity contribution is -0.121. The van der Waals surface area contributed by atoms with Crippen LogP contribution >= 0.6 is 34.5 Å². The van der Waals surface area contributed by atoms with Gasteiger partial charge in [-0.1, -0.05) is 41.4 Å². The molecule has 0 aliphatic rings. The Kier molecular flexibility index (Phi) is 6.06. The van der Waals surface area contributed by atoms with Crippen LogP contribution in [0.4, 0.5) is 0 Å². The molecular formula is C15H15Cl2NO2S. The van der Waals surface area contributed by atoms with Crippen molar-refractivity contribution in [1.29, 1.82) is 0 Å². The summed E-state index contributed by atoms with van der Waals surface area (Å²) >= 11 is 13.4. The molecule has 0 saturated carbocycles. The highest BCUT2D eigenvalue weighted by Crippen LogP contribution is 2.28. The Morgan fingerprint density at radius 3 is 2.67 bits per heavy atom. The van der Waals surface area contributed by atoms with Crippen LogP contribution in [0.1, 0.15) is 16.5 Å². The van der Waals surface area contributed by atoms with Crippen LogP contribution in [0.15, 0.2) is 36.4 Å². The number of rotatable bonds is 6. The zero-order valence-electron chi connectivity index (χ0n) is 11.4. The number of thiophene rings is 1. The van der Waals surface area contributed by atoms with Gasteiger partial charge in [0.05, 0.1) is 10.8 Å². The molecule has 0 radical (unpaired) electrons. The molecule has 1 aromatic heterocycles. The van der Waals surface area contributed by atoms with E-state index in [1.807, 2.05) is 30.3 Å². The van der Waals surface area contributed by atoms with Crippen molar-refractivity contribution in [2.24, 2.45) is 0 Å². The summed E-state index contributed by atoms with van der Waals surface area (Å²) in [4.78, 5) is 13.0. The molecule has 2 aromatic rings. The fourth-order valence-corrected chi connectivity index (χ4v) is 3.23. The van der Waals surface area contributed by atoms with Gasteiger partial charge in [0.1, 0.15) is 6.10 Å². The Morgan fingerprint density at radius 1 is 1.29 bits per heavy atom. The predicted octanol–water partition coefficient (Wildman–Crippen LogP) is 4.10. The summed E-state index contributed by atoms with van der Waals surface area (Å²) in [7, 11) is 1.61. The van der Waals surface area contributed by atoms with Crippen molar-refractivity contribution in [2.45, 2.75) is 12.5 Å². The summed E-state index contributed by atoms with van der Waals surface area (Å²) in [6, 6.07) is 11.0. The SMILES string of the molecule is CO[C@H](CNC(=O)Cc1ccccc1Cl)c1ccc(Cl)s1. The van der Waals surface area contributed by atoms with Gasteiger partial charge in [-0.25, -0.2) is 0 Å². The molecule has 0 spiro atoms. The first-order chi connectivity index (χ1) is 10.1. The van der Waals surface area contributed by atoms with Crippen molar-refractivity contribution >= 4 is 40.4 Å². The number of carbonyl (C=O) groups excluding carboxylic acids is 1. The molecule has 0 aliphatic heterocycles. The number of methoxy groups -OCH3 is 1. The molecule has 21 heavy (non-hydrogen) atoms. The molecule has 1 atom stereocenters. The Hall–Kier alpha value is -1.07. The molecule has 0 fully saturated rings. The number of halogens is 2. The zero-order chi connectivity index (χ0) is 15.2. The topological polar surface area (TPSA) is 38.3 Å². The molecule has 1 heterocycles. The number of hydrogen-bond acceptors (Lipinski definition) is 3. The van der Waals surface area contributed by atoms with E-state index in [0.717, 1.165) is 10.4 Å². The first-order valence-corrected chi connectivity index (χ1v) is 7.95. The van der Waals surface area contributed by atoms with Crippen LogP contribution < -0.4 is 5.32 Å². The standard InChI is InChI=1S/C15H15Cl2NO2S/c1-20-12(13-6-7-14(17)21-13)9-18-15(19)8-10-4-2-3-5-11(10)16/h2-7,12H,8-9H2,1H3,(H,18,19)/t12-/m1/s1. The largest absolute Gasteiger partial charge is 0.374 e. The van der Waals surface area contributed by atoms with Gasteiger partial charge in [-0.05, 0) is 23.8 Å². The number of hydrogen-bond donors (Lipinski definition) is 1. The van der Waals surface area contributed by atoms with Crippen LogP contribution in [0.25, 0.3) is 0 Å². The van der Waals surface area contributed by atoms with Gasteiger partial charge in [-0.3, -0.25) is 4.79 Å². The van der Waals surface area contributed by atoms with E-state index in [1.165, 1.54) is 11.3 Å². The molecule has 6 heteroatoms. The quantitative estimate of drug-likeness (QED) is 0.857. The predicted molar refractivity (Wildman–Crippen MR) is 87.2 cm³/mol. The number of carbonyl (C=O) groups is 1. The van der Waals surface area contributed by atoms with E-state index in [2.05, 4.69) is 5.32 Å². The third-order valence-corrected chi connectivity index (χ3v) is 4.68. The van der Waals surface area contributed by atoms with Crippen molar-refractivity contribution < 1.29 is 9.53 Å². The Morgan fingerprint density at radius 2 is 2.05 bits per heavy atom. The summed E-state index contributed by atoms with van der Waals surface area (Å²) < 4.78 is 6.09. The molecule has 2 rings (SSSR count). The van der Waals surface area contributed by atoms with Gasteiger partial charge < -0.3 is 10.1 Å². The maximum absolute atomic E-state index is 12.0. The minimum Gasteiger partial charge on any atom is -0.374 e. The summed E-state index contributed by atoms with van der Waals surface area (Å²) in [5, 5.41) is 3.46. The van der Waals surface area contributed by atoms with Gasteiger partial charge in [-0.2, -0.15) is 0 Å². The number of nitrogens with one attached hydrogen (secondary N) is 1. The molecule has 0 aliphatic carbocycles. The molecule has 0 saturated heterocycles. The Balaban J connectivity index is 1.89. The first-order valence-electron chi connectivity index (χ1n) is 6.38. The lowest BCUT2D eigenvalue weighted by Gasteiger charge is -2.14. The smallest absolute Gasteiger partial charge is 0.224 e. The van der Waals surface area contributed by atoms with Crippen LogP contribution in [0.5, 0.6) is 0 Å². The average molecular weight is 344 g/mol. The highest BCUT2D eigenvalue weighted by Gasteiger charge is 2.15. The van der Waals surface area contributed by atoms with Gasteiger partial charge in [0.2, 0.25) is 5.91 Å². The van der Waals surface area contributed by atoms with Crippen LogP contribution in [0, 0.1) is 0 Å². The van der Waals surface area contributed by atoms with E-state index < -0.39 is 0 Å². The molecule has 112 valence electrons. The first kappa shape index (κ1) is 16.3. The maximum Gasteiger partial charge on any atom is 0.224 e. The molecule has 0 bridgehead atoms. The van der Waals surface area contributed by atoms with E-state index >= 15 is 0 Å². The molecular weight excluding hydrogens is 329 g/mol. The van der Waals surface area contributed by atoms with E-state index in [4.69, 9.17) is 27.9 Å². The minimum absolute atomic E-state index is 0.0900. The van der Waals surface area contributed by atoms with Crippen molar-refractivity contribution in [1.82, 2.24) is 5.32 Å². The van der Waals surface area contributed by atoms with Crippen LogP contribution in [0.3, 0.4) is 0 Å². The third kappa shape index (κ3) is 4.71. The minimum atomic E-state index is -0.197. The van der Waals surface area contributed by atoms with E-state index in [1.54, 1.807) is 13.2 Å². The second-order valence-electron chi connectivity index (χ2n) is 4.44. The fourth-order valence-electron chi connectivity index (χ4n) is 1.89. The highest BCUT2D eigenvalue weighted by atomic mass is 35.5. The fraction of sp³-hybridized carbons (Fsp3) is 0.267. The van der Waals surface area contributed by atoms with Crippen LogP contribution in [-0.4, -0.2) is 19.6 Å². The van der Waals surface area contributed by atoms with Gasteiger partial charge in [-0.15, -0.1) is 11.3 Å². The van der Waals surface area contributed by atoms with Crippen molar-refractivity contribution in [3.8, 4) is 0 Å². The monoisotopic (exact) mass is 343 g/mol. The summed E-state index contributed by atoms with van der Waals surface area (Å²) in [5.74, 6) is -0.0900. The van der Waals surface area contributed by atoms with Gasteiger partial charge in [0.15, 0.2) is 0 Å². The zero-order valence-corrected chi connectivity index (χ0v) is 13.8. The average Bonchev–Trinajstić information content (AvgIpc) is 2.89. The molecule has 0 unspecified atom stereocenters. The van der Waals surface area contributed by atoms with Crippen LogP contribution in [0.2, 0.25) is 9.36 Å². The van der Waals surface area contributed by atoms with Crippen molar-refractivity contribution in [2.75, 3.05) is 13.7 Å². The summed E-state index contributed by atoms with van der Waals surface area (Å²) in [6.07, 6.45) is 0.0547. The number of ether oxygens (including phenoxy) is 1. The number of amides is 1. The second kappa shape index (κ2) is 7.80. The maximum atomic E-state index is 12.0. The normalized spacial score (nSPS) is 12.1. The second-order valence-corrected chi connectivity index (χ2v) is 6.59. The molecule has 1 amide bonds. The van der Waals surface area contributed by atoms with Crippen molar-refractivity contribution in [3.05, 3.63) is 56.2 Å². The van der Waals surface area contributed by atoms with Crippen molar-refractivity contribution in [3.63, 3.8) is 0 Å². The highest BCUT2D eigenvalue weighted by molar-refractivity contribution is 7.16. The summed E-state index contributed by atoms with van der Waals surface area (Å²) in [6.45, 7) is 0.399. The summed E-state index contributed by atoms with van der Waals surface area (Å²) in [5.41, 5.74) is 0.810. The lowest BCUT2D eigenvalue weighted by atomic mass is 10.1. The molecule has 1 N–H and O–H groups in total.